The van der Waals surface area contributed by atoms with E-state index in [1.807, 2.05) is 49.4 Å². The Morgan fingerprint density at radius 2 is 1.87 bits per heavy atom. The molecule has 0 saturated heterocycles. The lowest BCUT2D eigenvalue weighted by atomic mass is 10.2. The molecule has 1 aromatic heterocycles. The largest absolute Gasteiger partial charge is 0.490 e. The number of pyridine rings is 1. The fraction of sp³-hybridized carbons (Fsp3) is 0.429. The number of aromatic nitrogens is 1. The maximum atomic E-state index is 11.3. The Bertz CT molecular complexity index is 887. The zero-order valence-corrected chi connectivity index (χ0v) is 18.5. The Balaban J connectivity index is 1.70. The van der Waals surface area contributed by atoms with Crippen LogP contribution in [0.15, 0.2) is 53.7 Å². The van der Waals surface area contributed by atoms with Crippen LogP contribution < -0.4 is 20.1 Å². The Morgan fingerprint density at radius 3 is 2.50 bits per heavy atom. The lowest BCUT2D eigenvalue weighted by Crippen LogP contribution is -2.42. The number of guanidine groups is 1. The second kappa shape index (κ2) is 12.0. The highest BCUT2D eigenvalue weighted by Gasteiger charge is 2.09. The van der Waals surface area contributed by atoms with Gasteiger partial charge < -0.3 is 20.1 Å². The van der Waals surface area contributed by atoms with Crippen molar-refractivity contribution in [3.63, 3.8) is 0 Å². The molecule has 164 valence electrons. The normalized spacial score (nSPS) is 12.8. The third kappa shape index (κ3) is 9.60. The molecule has 1 aromatic carbocycles. The maximum Gasteiger partial charge on any atom is 0.213 e. The lowest BCUT2D eigenvalue weighted by molar-refractivity contribution is 0.212. The summed E-state index contributed by atoms with van der Waals surface area (Å²) in [6.07, 6.45) is 3.49. The van der Waals surface area contributed by atoms with Crippen molar-refractivity contribution in [2.45, 2.75) is 25.9 Å². The SMILES string of the molecule is CN=C(NCc1ccc(OCCOc2ccccc2)nc1)NC(C)CCS(C)(=O)=O. The van der Waals surface area contributed by atoms with Gasteiger partial charge >= 0.3 is 0 Å². The van der Waals surface area contributed by atoms with Gasteiger partial charge in [0.2, 0.25) is 5.88 Å². The van der Waals surface area contributed by atoms with Crippen molar-refractivity contribution in [2.24, 2.45) is 4.99 Å². The first kappa shape index (κ1) is 23.5. The number of aliphatic imine (C=N–C) groups is 1. The van der Waals surface area contributed by atoms with Gasteiger partial charge in [-0.15, -0.1) is 0 Å². The first-order valence-corrected chi connectivity index (χ1v) is 11.8. The molecular weight excluding hydrogens is 404 g/mol. The number of para-hydroxylation sites is 1. The molecule has 0 aliphatic carbocycles. The quantitative estimate of drug-likeness (QED) is 0.317. The summed E-state index contributed by atoms with van der Waals surface area (Å²) in [7, 11) is -1.30. The molecule has 2 N–H and O–H groups in total. The average molecular weight is 435 g/mol. The van der Waals surface area contributed by atoms with Crippen LogP contribution in [0.3, 0.4) is 0 Å². The number of sulfone groups is 1. The number of hydrogen-bond acceptors (Lipinski definition) is 6. The molecule has 0 radical (unpaired) electrons. The van der Waals surface area contributed by atoms with Gasteiger partial charge in [0.15, 0.2) is 5.96 Å². The molecule has 2 aromatic rings. The van der Waals surface area contributed by atoms with E-state index in [-0.39, 0.29) is 11.8 Å². The van der Waals surface area contributed by atoms with Crippen LogP contribution in [0.4, 0.5) is 0 Å². The van der Waals surface area contributed by atoms with Crippen molar-refractivity contribution >= 4 is 15.8 Å². The first-order valence-electron chi connectivity index (χ1n) is 9.76. The minimum absolute atomic E-state index is 0.0158. The molecule has 1 atom stereocenters. The van der Waals surface area contributed by atoms with Crippen LogP contribution in [0.25, 0.3) is 0 Å². The standard InChI is InChI=1S/C21H30N4O4S/c1-17(11-14-30(3,26)27)25-21(22-2)24-16-18-9-10-20(23-15-18)29-13-12-28-19-7-5-4-6-8-19/h4-10,15,17H,11-14,16H2,1-3H3,(H2,22,24,25). The van der Waals surface area contributed by atoms with Gasteiger partial charge in [-0.3, -0.25) is 4.99 Å². The zero-order valence-electron chi connectivity index (χ0n) is 17.7. The molecule has 0 fully saturated rings. The highest BCUT2D eigenvalue weighted by atomic mass is 32.2. The van der Waals surface area contributed by atoms with Crippen LogP contribution in [0.5, 0.6) is 11.6 Å². The summed E-state index contributed by atoms with van der Waals surface area (Å²) in [5.41, 5.74) is 0.967. The summed E-state index contributed by atoms with van der Waals surface area (Å²) in [5, 5.41) is 6.38. The molecule has 30 heavy (non-hydrogen) atoms. The molecule has 0 aliphatic rings. The summed E-state index contributed by atoms with van der Waals surface area (Å²) in [6.45, 7) is 3.30. The fourth-order valence-corrected chi connectivity index (χ4v) is 3.28. The molecule has 2 rings (SSSR count). The predicted octanol–water partition coefficient (Wildman–Crippen LogP) is 2.03. The number of nitrogens with one attached hydrogen (secondary N) is 2. The number of hydrogen-bond donors (Lipinski definition) is 2. The van der Waals surface area contributed by atoms with E-state index in [0.29, 0.717) is 38.0 Å². The molecule has 9 heteroatoms. The summed E-state index contributed by atoms with van der Waals surface area (Å²) in [5.74, 6) is 2.09. The zero-order chi connectivity index (χ0) is 21.8. The molecule has 0 bridgehead atoms. The fourth-order valence-electron chi connectivity index (χ4n) is 2.50. The van der Waals surface area contributed by atoms with Crippen molar-refractivity contribution < 1.29 is 17.9 Å². The van der Waals surface area contributed by atoms with Crippen LogP contribution in [0.1, 0.15) is 18.9 Å². The van der Waals surface area contributed by atoms with E-state index in [9.17, 15) is 8.42 Å². The minimum Gasteiger partial charge on any atom is -0.490 e. The smallest absolute Gasteiger partial charge is 0.213 e. The number of nitrogens with zero attached hydrogens (tertiary/aromatic N) is 2. The molecular formula is C21H30N4O4S. The first-order chi connectivity index (χ1) is 14.4. The van der Waals surface area contributed by atoms with E-state index in [4.69, 9.17) is 9.47 Å². The van der Waals surface area contributed by atoms with Crippen LogP contribution in [0.2, 0.25) is 0 Å². The molecule has 0 saturated carbocycles. The minimum atomic E-state index is -2.97. The van der Waals surface area contributed by atoms with Crippen molar-refractivity contribution in [1.82, 2.24) is 15.6 Å². The summed E-state index contributed by atoms with van der Waals surface area (Å²) in [4.78, 5) is 8.47. The highest BCUT2D eigenvalue weighted by Crippen LogP contribution is 2.10. The highest BCUT2D eigenvalue weighted by molar-refractivity contribution is 7.90. The molecule has 0 spiro atoms. The molecule has 1 unspecified atom stereocenters. The maximum absolute atomic E-state index is 11.3. The number of rotatable bonds is 11. The van der Waals surface area contributed by atoms with Gasteiger partial charge in [-0.25, -0.2) is 13.4 Å². The average Bonchev–Trinajstić information content (AvgIpc) is 2.74. The van der Waals surface area contributed by atoms with E-state index in [1.54, 1.807) is 13.2 Å². The molecule has 0 aliphatic heterocycles. The monoisotopic (exact) mass is 434 g/mol. The van der Waals surface area contributed by atoms with Gasteiger partial charge in [-0.05, 0) is 31.0 Å². The third-order valence-corrected chi connectivity index (χ3v) is 5.11. The second-order valence-electron chi connectivity index (χ2n) is 6.90. The molecule has 1 heterocycles. The van der Waals surface area contributed by atoms with Crippen molar-refractivity contribution in [3.8, 4) is 11.6 Å². The summed E-state index contributed by atoms with van der Waals surface area (Å²) >= 11 is 0. The second-order valence-corrected chi connectivity index (χ2v) is 9.16. The molecule has 0 amide bonds. The van der Waals surface area contributed by atoms with E-state index in [2.05, 4.69) is 20.6 Å². The van der Waals surface area contributed by atoms with Crippen LogP contribution in [-0.2, 0) is 16.4 Å². The number of ether oxygens (including phenoxy) is 2. The van der Waals surface area contributed by atoms with Crippen molar-refractivity contribution in [1.29, 1.82) is 0 Å². The Hall–Kier alpha value is -2.81. The summed E-state index contributed by atoms with van der Waals surface area (Å²) in [6, 6.07) is 13.3. The summed E-state index contributed by atoms with van der Waals surface area (Å²) < 4.78 is 33.7. The Morgan fingerprint density at radius 1 is 1.13 bits per heavy atom. The van der Waals surface area contributed by atoms with E-state index in [1.165, 1.54) is 6.26 Å². The number of benzene rings is 1. The Labute approximate surface area is 178 Å². The van der Waals surface area contributed by atoms with Crippen LogP contribution in [-0.4, -0.2) is 57.7 Å². The lowest BCUT2D eigenvalue weighted by Gasteiger charge is -2.17. The van der Waals surface area contributed by atoms with Gasteiger partial charge in [0.1, 0.15) is 28.8 Å². The van der Waals surface area contributed by atoms with Crippen LogP contribution in [0, 0.1) is 0 Å². The van der Waals surface area contributed by atoms with E-state index in [0.717, 1.165) is 11.3 Å². The Kier molecular flexibility index (Phi) is 9.40. The van der Waals surface area contributed by atoms with Gasteiger partial charge in [0.05, 0.1) is 5.75 Å². The topological polar surface area (TPSA) is 102 Å². The van der Waals surface area contributed by atoms with Gasteiger partial charge in [0.25, 0.3) is 0 Å². The van der Waals surface area contributed by atoms with Crippen molar-refractivity contribution in [2.75, 3.05) is 32.3 Å². The van der Waals surface area contributed by atoms with Gasteiger partial charge in [0, 0.05) is 38.2 Å². The van der Waals surface area contributed by atoms with E-state index >= 15 is 0 Å². The van der Waals surface area contributed by atoms with Gasteiger partial charge in [-0.2, -0.15) is 0 Å². The molecule has 8 nitrogen and oxygen atoms in total. The van der Waals surface area contributed by atoms with E-state index < -0.39 is 9.84 Å². The van der Waals surface area contributed by atoms with Crippen LogP contribution >= 0.6 is 0 Å². The predicted molar refractivity (Wildman–Crippen MR) is 119 cm³/mol. The van der Waals surface area contributed by atoms with Crippen molar-refractivity contribution in [3.05, 3.63) is 54.2 Å². The van der Waals surface area contributed by atoms with Gasteiger partial charge in [-0.1, -0.05) is 24.3 Å². The third-order valence-electron chi connectivity index (χ3n) is 4.13.